The van der Waals surface area contributed by atoms with Gasteiger partial charge in [-0.2, -0.15) is 0 Å². The molecule has 0 saturated heterocycles. The number of carbonyl (C=O) groups is 3. The van der Waals surface area contributed by atoms with E-state index in [0.717, 1.165) is 0 Å². The normalized spacial score (nSPS) is 13.0. The Balaban J connectivity index is 2.85. The van der Waals surface area contributed by atoms with Gasteiger partial charge in [-0.05, 0) is 18.6 Å². The van der Waals surface area contributed by atoms with Crippen LogP contribution < -0.4 is 16.8 Å². The zero-order chi connectivity index (χ0) is 16.0. The first kappa shape index (κ1) is 16.8. The monoisotopic (exact) mass is 313 g/mol. The Bertz CT molecular complexity index is 550. The summed E-state index contributed by atoms with van der Waals surface area (Å²) in [4.78, 5) is 33.7. The Morgan fingerprint density at radius 3 is 2.43 bits per heavy atom. The minimum absolute atomic E-state index is 0.232. The third-order valence-electron chi connectivity index (χ3n) is 2.68. The van der Waals surface area contributed by atoms with Gasteiger partial charge in [-0.25, -0.2) is 4.79 Å². The van der Waals surface area contributed by atoms with Gasteiger partial charge < -0.3 is 21.5 Å². The Morgan fingerprint density at radius 2 is 1.90 bits per heavy atom. The summed E-state index contributed by atoms with van der Waals surface area (Å²) in [6.45, 7) is 1.35. The number of ether oxygens (including phenoxy) is 1. The maximum atomic E-state index is 11.8. The molecule has 0 aliphatic carbocycles. The largest absolute Gasteiger partial charge is 0.452 e. The number of halogens is 1. The van der Waals surface area contributed by atoms with Crippen molar-refractivity contribution in [3.63, 3.8) is 0 Å². The second kappa shape index (κ2) is 7.49. The van der Waals surface area contributed by atoms with Gasteiger partial charge in [-0.3, -0.25) is 9.59 Å². The molecule has 0 spiro atoms. The molecular weight excluding hydrogens is 298 g/mol. The molecule has 0 aliphatic heterocycles. The van der Waals surface area contributed by atoms with E-state index in [0.29, 0.717) is 10.6 Å². The molecule has 114 valence electrons. The maximum Gasteiger partial charge on any atom is 0.312 e. The number of nitrogens with two attached hydrogens (primary N) is 2. The van der Waals surface area contributed by atoms with Crippen LogP contribution in [0.25, 0.3) is 0 Å². The number of amides is 3. The van der Waals surface area contributed by atoms with Gasteiger partial charge in [-0.1, -0.05) is 29.8 Å². The number of carbonyl (C=O) groups excluding carboxylic acids is 3. The maximum absolute atomic E-state index is 11.8. The predicted molar refractivity (Wildman–Crippen MR) is 76.3 cm³/mol. The fraction of sp³-hybridized carbons (Fsp3) is 0.308. The van der Waals surface area contributed by atoms with Crippen molar-refractivity contribution in [3.8, 4) is 0 Å². The molecule has 7 nitrogen and oxygen atoms in total. The number of nitrogens with one attached hydrogen (secondary N) is 1. The molecule has 0 bridgehead atoms. The number of urea groups is 1. The van der Waals surface area contributed by atoms with Gasteiger partial charge in [0, 0.05) is 5.02 Å². The summed E-state index contributed by atoms with van der Waals surface area (Å²) in [5, 5.41) is 2.78. The molecule has 0 heterocycles. The Kier molecular flexibility index (Phi) is 5.98. The van der Waals surface area contributed by atoms with Gasteiger partial charge in [0.2, 0.25) is 0 Å². The summed E-state index contributed by atoms with van der Waals surface area (Å²) < 4.78 is 4.84. The van der Waals surface area contributed by atoms with Gasteiger partial charge in [0.25, 0.3) is 5.91 Å². The van der Waals surface area contributed by atoms with Crippen LogP contribution in [-0.2, 0) is 14.3 Å². The summed E-state index contributed by atoms with van der Waals surface area (Å²) in [7, 11) is 0. The first-order valence-corrected chi connectivity index (χ1v) is 6.48. The lowest BCUT2D eigenvalue weighted by Gasteiger charge is -2.19. The molecule has 0 fully saturated rings. The molecule has 8 heteroatoms. The number of benzene rings is 1. The highest BCUT2D eigenvalue weighted by Crippen LogP contribution is 2.25. The molecule has 1 rings (SSSR count). The predicted octanol–water partition coefficient (Wildman–Crippen LogP) is 0.856. The van der Waals surface area contributed by atoms with Crippen LogP contribution in [0.4, 0.5) is 4.79 Å². The molecule has 5 N–H and O–H groups in total. The zero-order valence-electron chi connectivity index (χ0n) is 11.3. The molecule has 1 aromatic rings. The van der Waals surface area contributed by atoms with E-state index in [4.69, 9.17) is 27.8 Å². The van der Waals surface area contributed by atoms with Crippen LogP contribution in [0, 0.1) is 0 Å². The van der Waals surface area contributed by atoms with E-state index in [-0.39, 0.29) is 6.42 Å². The van der Waals surface area contributed by atoms with Crippen molar-refractivity contribution in [2.75, 3.05) is 0 Å². The van der Waals surface area contributed by atoms with Gasteiger partial charge in [0.1, 0.15) is 0 Å². The van der Waals surface area contributed by atoms with Crippen molar-refractivity contribution < 1.29 is 19.1 Å². The number of hydrogen-bond donors (Lipinski definition) is 3. The summed E-state index contributed by atoms with van der Waals surface area (Å²) in [6.07, 6.45) is -1.29. The lowest BCUT2D eigenvalue weighted by atomic mass is 10.0. The summed E-state index contributed by atoms with van der Waals surface area (Å²) >= 11 is 6.02. The SMILES string of the molecule is C[C@H](OC(=O)C[C@@H](NC(N)=O)c1ccccc1Cl)C(N)=O. The van der Waals surface area contributed by atoms with Gasteiger partial charge in [0.05, 0.1) is 12.5 Å². The van der Waals surface area contributed by atoms with Crippen molar-refractivity contribution >= 4 is 29.5 Å². The van der Waals surface area contributed by atoms with Crippen molar-refractivity contribution in [1.29, 1.82) is 0 Å². The molecule has 1 aromatic carbocycles. The molecule has 0 aliphatic rings. The summed E-state index contributed by atoms with van der Waals surface area (Å²) in [5.74, 6) is -1.47. The van der Waals surface area contributed by atoms with Gasteiger partial charge >= 0.3 is 12.0 Å². The molecular formula is C13H16ClN3O4. The van der Waals surface area contributed by atoms with E-state index in [1.165, 1.54) is 6.92 Å². The lowest BCUT2D eigenvalue weighted by molar-refractivity contribution is -0.154. The average molecular weight is 314 g/mol. The van der Waals surface area contributed by atoms with Crippen LogP contribution >= 0.6 is 11.6 Å². The van der Waals surface area contributed by atoms with Crippen LogP contribution in [0.15, 0.2) is 24.3 Å². The first-order chi connectivity index (χ1) is 9.81. The lowest BCUT2D eigenvalue weighted by Crippen LogP contribution is -2.36. The van der Waals surface area contributed by atoms with E-state index in [1.807, 2.05) is 0 Å². The highest BCUT2D eigenvalue weighted by atomic mass is 35.5. The second-order valence-corrected chi connectivity index (χ2v) is 4.73. The third-order valence-corrected chi connectivity index (χ3v) is 3.02. The van der Waals surface area contributed by atoms with E-state index in [2.05, 4.69) is 5.32 Å². The van der Waals surface area contributed by atoms with Crippen molar-refractivity contribution in [1.82, 2.24) is 5.32 Å². The number of esters is 1. The molecule has 0 saturated carbocycles. The first-order valence-electron chi connectivity index (χ1n) is 6.10. The van der Waals surface area contributed by atoms with Gasteiger partial charge in [-0.15, -0.1) is 0 Å². The van der Waals surface area contributed by atoms with Crippen molar-refractivity contribution in [3.05, 3.63) is 34.9 Å². The quantitative estimate of drug-likeness (QED) is 0.673. The minimum Gasteiger partial charge on any atom is -0.452 e. The average Bonchev–Trinajstić information content (AvgIpc) is 2.37. The van der Waals surface area contributed by atoms with Gasteiger partial charge in [0.15, 0.2) is 6.10 Å². The topological polar surface area (TPSA) is 125 Å². The van der Waals surface area contributed by atoms with Crippen LogP contribution in [0.2, 0.25) is 5.02 Å². The van der Waals surface area contributed by atoms with E-state index < -0.39 is 30.1 Å². The minimum atomic E-state index is -1.06. The highest BCUT2D eigenvalue weighted by molar-refractivity contribution is 6.31. The van der Waals surface area contributed by atoms with Crippen LogP contribution in [-0.4, -0.2) is 24.0 Å². The fourth-order valence-electron chi connectivity index (χ4n) is 1.64. The molecule has 0 aromatic heterocycles. The van der Waals surface area contributed by atoms with E-state index in [1.54, 1.807) is 24.3 Å². The van der Waals surface area contributed by atoms with Crippen LogP contribution in [0.1, 0.15) is 24.9 Å². The molecule has 21 heavy (non-hydrogen) atoms. The Labute approximate surface area is 126 Å². The van der Waals surface area contributed by atoms with Crippen LogP contribution in [0.5, 0.6) is 0 Å². The van der Waals surface area contributed by atoms with Crippen LogP contribution in [0.3, 0.4) is 0 Å². The second-order valence-electron chi connectivity index (χ2n) is 4.32. The smallest absolute Gasteiger partial charge is 0.312 e. The number of primary amides is 2. The number of hydrogen-bond acceptors (Lipinski definition) is 4. The standard InChI is InChI=1S/C13H16ClN3O4/c1-7(12(15)19)21-11(18)6-10(17-13(16)20)8-4-2-3-5-9(8)14/h2-5,7,10H,6H2,1H3,(H2,15,19)(H3,16,17,20)/t7-,10+/m0/s1. The van der Waals surface area contributed by atoms with E-state index in [9.17, 15) is 14.4 Å². The fourth-order valence-corrected chi connectivity index (χ4v) is 1.91. The highest BCUT2D eigenvalue weighted by Gasteiger charge is 2.22. The zero-order valence-corrected chi connectivity index (χ0v) is 12.1. The Morgan fingerprint density at radius 1 is 1.29 bits per heavy atom. The number of rotatable bonds is 6. The Hall–Kier alpha value is -2.28. The summed E-state index contributed by atoms with van der Waals surface area (Å²) in [5.41, 5.74) is 10.6. The summed E-state index contributed by atoms with van der Waals surface area (Å²) in [6, 6.07) is 5.10. The third kappa shape index (κ3) is 5.31. The molecule has 3 amide bonds. The van der Waals surface area contributed by atoms with Crippen molar-refractivity contribution in [2.45, 2.75) is 25.5 Å². The van der Waals surface area contributed by atoms with Crippen molar-refractivity contribution in [2.24, 2.45) is 11.5 Å². The molecule has 0 unspecified atom stereocenters. The molecule has 0 radical (unpaired) electrons. The molecule has 2 atom stereocenters. The van der Waals surface area contributed by atoms with E-state index >= 15 is 0 Å².